The molecule has 1 fully saturated rings. The molecular formula is C32H34ClN5O4. The van der Waals surface area contributed by atoms with Gasteiger partial charge in [0, 0.05) is 29.4 Å². The highest BCUT2D eigenvalue weighted by molar-refractivity contribution is 6.30. The van der Waals surface area contributed by atoms with Crippen molar-refractivity contribution in [2.24, 2.45) is 0 Å². The van der Waals surface area contributed by atoms with Crippen molar-refractivity contribution in [1.29, 1.82) is 0 Å². The lowest BCUT2D eigenvalue weighted by atomic mass is 9.88. The molecule has 1 unspecified atom stereocenters. The van der Waals surface area contributed by atoms with Crippen molar-refractivity contribution in [1.82, 2.24) is 24.0 Å². The number of rotatable bonds is 9. The molecule has 1 saturated heterocycles. The number of ether oxygens (including phenoxy) is 2. The lowest BCUT2D eigenvalue weighted by Crippen LogP contribution is -2.34. The molecular weight excluding hydrogens is 554 g/mol. The van der Waals surface area contributed by atoms with Crippen molar-refractivity contribution in [3.05, 3.63) is 101 Å². The Bertz CT molecular complexity index is 1570. The number of carboxylic acid groups (broad SMARTS) is 1. The lowest BCUT2D eigenvalue weighted by molar-refractivity contribution is -0.131. The smallest absolute Gasteiger partial charge is 0.328 e. The molecule has 4 heterocycles. The number of aryl methyl sites for hydroxylation is 1. The first-order chi connectivity index (χ1) is 20.5. The number of nitrogens with zero attached hydrogens (tertiary/aromatic N) is 5. The predicted molar refractivity (Wildman–Crippen MR) is 160 cm³/mol. The summed E-state index contributed by atoms with van der Waals surface area (Å²) in [7, 11) is 0. The minimum Gasteiger partial charge on any atom is -0.485 e. The molecule has 42 heavy (non-hydrogen) atoms. The van der Waals surface area contributed by atoms with Gasteiger partial charge in [-0.1, -0.05) is 35.9 Å². The third kappa shape index (κ3) is 6.07. The second kappa shape index (κ2) is 12.4. The van der Waals surface area contributed by atoms with Gasteiger partial charge >= 0.3 is 5.97 Å². The number of carboxylic acids is 1. The summed E-state index contributed by atoms with van der Waals surface area (Å²) in [5.74, 6) is 1.95. The molecule has 0 amide bonds. The highest BCUT2D eigenvalue weighted by Crippen LogP contribution is 2.44. The van der Waals surface area contributed by atoms with E-state index >= 15 is 0 Å². The van der Waals surface area contributed by atoms with Gasteiger partial charge in [-0.05, 0) is 68.6 Å². The Hall–Kier alpha value is -4.08. The van der Waals surface area contributed by atoms with E-state index < -0.39 is 5.97 Å². The lowest BCUT2D eigenvalue weighted by Gasteiger charge is -2.34. The van der Waals surface area contributed by atoms with Crippen LogP contribution in [0.1, 0.15) is 60.1 Å². The van der Waals surface area contributed by atoms with Gasteiger partial charge in [-0.2, -0.15) is 0 Å². The number of carbonyl (C=O) groups is 1. The zero-order valence-electron chi connectivity index (χ0n) is 23.5. The third-order valence-electron chi connectivity index (χ3n) is 8.12. The number of hydrogen-bond acceptors (Lipinski definition) is 6. The van der Waals surface area contributed by atoms with Crippen LogP contribution in [-0.2, 0) is 24.4 Å². The standard InChI is InChI=1S/C32H34ClN5O4/c1-2-37-21-34-16-26(37)18-38-25(10-11-31(39)40)17-35-30(38)19-36-14-12-22(13-15-36)27-4-3-5-28-32(27)41-20-29(42-28)23-6-8-24(33)9-7-23/h3-11,16-17,21-22,29H,2,12-15,18-20H2,1H3,(H,39,40). The average molecular weight is 588 g/mol. The summed E-state index contributed by atoms with van der Waals surface area (Å²) in [6.45, 7) is 6.45. The number of fused-ring (bicyclic) bond motifs is 1. The summed E-state index contributed by atoms with van der Waals surface area (Å²) >= 11 is 6.06. The fourth-order valence-electron chi connectivity index (χ4n) is 5.85. The van der Waals surface area contributed by atoms with Crippen molar-refractivity contribution in [2.75, 3.05) is 19.7 Å². The number of halogens is 1. The topological polar surface area (TPSA) is 94.6 Å². The summed E-state index contributed by atoms with van der Waals surface area (Å²) in [6, 6.07) is 13.9. The highest BCUT2D eigenvalue weighted by Gasteiger charge is 2.30. The van der Waals surface area contributed by atoms with E-state index in [1.165, 1.54) is 5.56 Å². The first-order valence-electron chi connectivity index (χ1n) is 14.3. The molecule has 4 aromatic rings. The maximum atomic E-state index is 11.2. The van der Waals surface area contributed by atoms with Crippen molar-refractivity contribution in [2.45, 2.75) is 51.4 Å². The largest absolute Gasteiger partial charge is 0.485 e. The van der Waals surface area contributed by atoms with E-state index in [9.17, 15) is 9.90 Å². The van der Waals surface area contributed by atoms with Crippen LogP contribution < -0.4 is 9.47 Å². The van der Waals surface area contributed by atoms with Gasteiger partial charge < -0.3 is 23.7 Å². The summed E-state index contributed by atoms with van der Waals surface area (Å²) in [5, 5.41) is 9.88. The van der Waals surface area contributed by atoms with Gasteiger partial charge in [0.15, 0.2) is 17.6 Å². The quantitative estimate of drug-likeness (QED) is 0.248. The van der Waals surface area contributed by atoms with E-state index in [0.717, 1.165) is 72.8 Å². The van der Waals surface area contributed by atoms with Gasteiger partial charge in [-0.3, -0.25) is 4.90 Å². The van der Waals surface area contributed by atoms with Crippen LogP contribution in [-0.4, -0.2) is 54.8 Å². The molecule has 1 atom stereocenters. The second-order valence-electron chi connectivity index (χ2n) is 10.7. The van der Waals surface area contributed by atoms with Crippen LogP contribution in [0.4, 0.5) is 0 Å². The predicted octanol–water partition coefficient (Wildman–Crippen LogP) is 5.79. The van der Waals surface area contributed by atoms with Crippen molar-refractivity contribution in [3.63, 3.8) is 0 Å². The zero-order valence-corrected chi connectivity index (χ0v) is 24.3. The molecule has 10 heteroatoms. The molecule has 218 valence electrons. The molecule has 0 bridgehead atoms. The molecule has 2 aromatic heterocycles. The van der Waals surface area contributed by atoms with E-state index in [0.29, 0.717) is 30.6 Å². The number of para-hydroxylation sites is 1. The summed E-state index contributed by atoms with van der Waals surface area (Å²) in [5.41, 5.74) is 4.06. The maximum absolute atomic E-state index is 11.2. The van der Waals surface area contributed by atoms with Crippen LogP contribution in [0.25, 0.3) is 6.08 Å². The number of piperidine rings is 1. The van der Waals surface area contributed by atoms with Crippen molar-refractivity contribution >= 4 is 23.6 Å². The Labute approximate surface area is 250 Å². The molecule has 1 N–H and O–H groups in total. The Kier molecular flexibility index (Phi) is 8.30. The van der Waals surface area contributed by atoms with E-state index in [4.69, 9.17) is 26.1 Å². The molecule has 9 nitrogen and oxygen atoms in total. The normalized spacial score (nSPS) is 17.6. The van der Waals surface area contributed by atoms with Crippen LogP contribution in [0.15, 0.2) is 67.3 Å². The fourth-order valence-corrected chi connectivity index (χ4v) is 5.97. The van der Waals surface area contributed by atoms with E-state index in [1.54, 1.807) is 12.3 Å². The maximum Gasteiger partial charge on any atom is 0.328 e. The van der Waals surface area contributed by atoms with Gasteiger partial charge in [-0.25, -0.2) is 14.8 Å². The first-order valence-corrected chi connectivity index (χ1v) is 14.7. The highest BCUT2D eigenvalue weighted by atomic mass is 35.5. The fraction of sp³-hybridized carbons (Fsp3) is 0.344. The molecule has 0 spiro atoms. The van der Waals surface area contributed by atoms with Crippen LogP contribution in [0.2, 0.25) is 5.02 Å². The minimum atomic E-state index is -0.983. The number of benzene rings is 2. The van der Waals surface area contributed by atoms with Gasteiger partial charge in [-0.15, -0.1) is 0 Å². The first kappa shape index (κ1) is 28.1. The number of aromatic nitrogens is 4. The Morgan fingerprint density at radius 2 is 1.93 bits per heavy atom. The minimum absolute atomic E-state index is 0.165. The molecule has 0 radical (unpaired) electrons. The third-order valence-corrected chi connectivity index (χ3v) is 8.37. The van der Waals surface area contributed by atoms with E-state index in [-0.39, 0.29) is 6.10 Å². The van der Waals surface area contributed by atoms with Gasteiger partial charge in [0.2, 0.25) is 0 Å². The van der Waals surface area contributed by atoms with E-state index in [1.807, 2.05) is 42.9 Å². The summed E-state index contributed by atoms with van der Waals surface area (Å²) < 4.78 is 16.9. The SMILES string of the molecule is CCn1cncc1Cn1c(C=CC(=O)O)cnc1CN1CCC(c2cccc3c2OCC(c2ccc(Cl)cc2)O3)CC1. The van der Waals surface area contributed by atoms with E-state index in [2.05, 4.69) is 38.1 Å². The van der Waals surface area contributed by atoms with Crippen LogP contribution in [0.3, 0.4) is 0 Å². The number of likely N-dealkylation sites (tertiary alicyclic amines) is 1. The second-order valence-corrected chi connectivity index (χ2v) is 11.2. The Morgan fingerprint density at radius 3 is 2.69 bits per heavy atom. The van der Waals surface area contributed by atoms with Crippen molar-refractivity contribution < 1.29 is 19.4 Å². The summed E-state index contributed by atoms with van der Waals surface area (Å²) in [6.07, 6.45) is 10.0. The van der Waals surface area contributed by atoms with Gasteiger partial charge in [0.05, 0.1) is 37.0 Å². The number of hydrogen-bond donors (Lipinski definition) is 1. The van der Waals surface area contributed by atoms with Gasteiger partial charge in [0.25, 0.3) is 0 Å². The van der Waals surface area contributed by atoms with Gasteiger partial charge in [0.1, 0.15) is 12.4 Å². The number of imidazole rings is 2. The zero-order chi connectivity index (χ0) is 29.1. The van der Waals surface area contributed by atoms with Crippen LogP contribution >= 0.6 is 11.6 Å². The average Bonchev–Trinajstić information content (AvgIpc) is 3.62. The Balaban J connectivity index is 1.13. The molecule has 0 saturated carbocycles. The molecule has 2 aliphatic rings. The Morgan fingerprint density at radius 1 is 1.12 bits per heavy atom. The molecule has 2 aromatic carbocycles. The number of aliphatic carboxylic acids is 1. The summed E-state index contributed by atoms with van der Waals surface area (Å²) in [4.78, 5) is 22.6. The monoisotopic (exact) mass is 587 g/mol. The van der Waals surface area contributed by atoms with Crippen LogP contribution in [0.5, 0.6) is 11.5 Å². The van der Waals surface area contributed by atoms with Crippen LogP contribution in [0, 0.1) is 0 Å². The molecule has 6 rings (SSSR count). The van der Waals surface area contributed by atoms with Crippen molar-refractivity contribution in [3.8, 4) is 11.5 Å². The molecule has 2 aliphatic heterocycles. The molecule has 0 aliphatic carbocycles.